The standard InChI is InChI=1S/C12H17ClIN/c1-2-3-4-5-12(15)9-6-7-11(14)10(13)8-9/h6-8,12H,2-5,15H2,1H3. The lowest BCUT2D eigenvalue weighted by atomic mass is 10.0. The molecule has 0 saturated heterocycles. The Labute approximate surface area is 111 Å². The molecule has 3 heteroatoms. The van der Waals surface area contributed by atoms with Crippen LogP contribution in [-0.2, 0) is 0 Å². The van der Waals surface area contributed by atoms with Gasteiger partial charge in [-0.3, -0.25) is 0 Å². The van der Waals surface area contributed by atoms with E-state index in [4.69, 9.17) is 17.3 Å². The van der Waals surface area contributed by atoms with Gasteiger partial charge >= 0.3 is 0 Å². The minimum Gasteiger partial charge on any atom is -0.324 e. The van der Waals surface area contributed by atoms with Crippen molar-refractivity contribution in [1.82, 2.24) is 0 Å². The summed E-state index contributed by atoms with van der Waals surface area (Å²) in [6, 6.07) is 6.22. The van der Waals surface area contributed by atoms with E-state index < -0.39 is 0 Å². The monoisotopic (exact) mass is 337 g/mol. The number of halogens is 2. The summed E-state index contributed by atoms with van der Waals surface area (Å²) in [4.78, 5) is 0. The number of nitrogens with two attached hydrogens (primary N) is 1. The van der Waals surface area contributed by atoms with Crippen molar-refractivity contribution >= 4 is 34.2 Å². The highest BCUT2D eigenvalue weighted by molar-refractivity contribution is 14.1. The van der Waals surface area contributed by atoms with E-state index in [2.05, 4.69) is 35.6 Å². The molecule has 1 atom stereocenters. The molecule has 1 aromatic carbocycles. The Kier molecular flexibility index (Phi) is 5.94. The molecule has 1 aromatic rings. The molecule has 15 heavy (non-hydrogen) atoms. The van der Waals surface area contributed by atoms with Crippen LogP contribution in [0.4, 0.5) is 0 Å². The van der Waals surface area contributed by atoms with E-state index >= 15 is 0 Å². The molecule has 84 valence electrons. The second kappa shape index (κ2) is 6.71. The van der Waals surface area contributed by atoms with Gasteiger partial charge in [-0.05, 0) is 46.7 Å². The summed E-state index contributed by atoms with van der Waals surface area (Å²) in [5, 5.41) is 0.805. The third kappa shape index (κ3) is 4.29. The second-order valence-corrected chi connectivity index (χ2v) is 5.35. The predicted molar refractivity (Wildman–Crippen MR) is 75.2 cm³/mol. The number of hydrogen-bond acceptors (Lipinski definition) is 1. The van der Waals surface area contributed by atoms with Gasteiger partial charge in [0.15, 0.2) is 0 Å². The van der Waals surface area contributed by atoms with Crippen molar-refractivity contribution in [1.29, 1.82) is 0 Å². The van der Waals surface area contributed by atoms with E-state index in [0.29, 0.717) is 0 Å². The molecule has 1 unspecified atom stereocenters. The highest BCUT2D eigenvalue weighted by Gasteiger charge is 2.07. The van der Waals surface area contributed by atoms with Gasteiger partial charge in [0.1, 0.15) is 0 Å². The lowest BCUT2D eigenvalue weighted by Gasteiger charge is -2.12. The molecule has 0 aliphatic carbocycles. The van der Waals surface area contributed by atoms with Crippen LogP contribution in [0.1, 0.15) is 44.2 Å². The third-order valence-corrected chi connectivity index (χ3v) is 4.06. The fourth-order valence-electron chi connectivity index (χ4n) is 1.52. The first-order chi connectivity index (χ1) is 7.15. The summed E-state index contributed by atoms with van der Waals surface area (Å²) in [5.74, 6) is 0. The topological polar surface area (TPSA) is 26.0 Å². The van der Waals surface area contributed by atoms with Crippen LogP contribution in [0.3, 0.4) is 0 Å². The molecular weight excluding hydrogens is 320 g/mol. The lowest BCUT2D eigenvalue weighted by molar-refractivity contribution is 0.581. The maximum absolute atomic E-state index is 6.09. The normalized spacial score (nSPS) is 12.8. The zero-order valence-electron chi connectivity index (χ0n) is 8.97. The highest BCUT2D eigenvalue weighted by Crippen LogP contribution is 2.24. The largest absolute Gasteiger partial charge is 0.324 e. The van der Waals surface area contributed by atoms with Crippen molar-refractivity contribution in [2.45, 2.75) is 38.6 Å². The maximum atomic E-state index is 6.09. The van der Waals surface area contributed by atoms with Crippen LogP contribution in [0.2, 0.25) is 5.02 Å². The average molecular weight is 338 g/mol. The first kappa shape index (κ1) is 13.3. The van der Waals surface area contributed by atoms with Gasteiger partial charge in [0.05, 0.1) is 5.02 Å². The van der Waals surface area contributed by atoms with Crippen LogP contribution in [0.25, 0.3) is 0 Å². The zero-order valence-corrected chi connectivity index (χ0v) is 11.9. The molecule has 0 fully saturated rings. The van der Waals surface area contributed by atoms with Crippen LogP contribution in [0.5, 0.6) is 0 Å². The van der Waals surface area contributed by atoms with Crippen LogP contribution in [0.15, 0.2) is 18.2 Å². The van der Waals surface area contributed by atoms with Crippen molar-refractivity contribution in [3.8, 4) is 0 Å². The second-order valence-electron chi connectivity index (χ2n) is 3.78. The predicted octanol–water partition coefficient (Wildman–Crippen LogP) is 4.52. The molecule has 0 aliphatic heterocycles. The van der Waals surface area contributed by atoms with E-state index in [1.807, 2.05) is 12.1 Å². The van der Waals surface area contributed by atoms with Crippen molar-refractivity contribution < 1.29 is 0 Å². The number of unbranched alkanes of at least 4 members (excludes halogenated alkanes) is 2. The molecule has 0 spiro atoms. The molecule has 1 rings (SSSR count). The lowest BCUT2D eigenvalue weighted by Crippen LogP contribution is -2.10. The molecule has 2 N–H and O–H groups in total. The van der Waals surface area contributed by atoms with Crippen LogP contribution in [-0.4, -0.2) is 0 Å². The molecule has 0 saturated carbocycles. The highest BCUT2D eigenvalue weighted by atomic mass is 127. The number of hydrogen-bond donors (Lipinski definition) is 1. The van der Waals surface area contributed by atoms with Gasteiger partial charge in [-0.2, -0.15) is 0 Å². The van der Waals surface area contributed by atoms with E-state index in [1.54, 1.807) is 0 Å². The van der Waals surface area contributed by atoms with Gasteiger partial charge in [0.2, 0.25) is 0 Å². The van der Waals surface area contributed by atoms with Gasteiger partial charge < -0.3 is 5.73 Å². The van der Waals surface area contributed by atoms with Crippen molar-refractivity contribution in [2.75, 3.05) is 0 Å². The van der Waals surface area contributed by atoms with Crippen LogP contribution >= 0.6 is 34.2 Å². The minimum atomic E-state index is 0.131. The Morgan fingerprint density at radius 1 is 1.40 bits per heavy atom. The van der Waals surface area contributed by atoms with Crippen molar-refractivity contribution in [2.24, 2.45) is 5.73 Å². The van der Waals surface area contributed by atoms with Crippen molar-refractivity contribution in [3.63, 3.8) is 0 Å². The zero-order chi connectivity index (χ0) is 11.3. The van der Waals surface area contributed by atoms with Crippen molar-refractivity contribution in [3.05, 3.63) is 32.4 Å². The Morgan fingerprint density at radius 2 is 2.13 bits per heavy atom. The van der Waals surface area contributed by atoms with E-state index in [0.717, 1.165) is 20.6 Å². The Balaban J connectivity index is 2.57. The first-order valence-electron chi connectivity index (χ1n) is 5.35. The van der Waals surface area contributed by atoms with Gasteiger partial charge in [0, 0.05) is 9.61 Å². The molecule has 0 radical (unpaired) electrons. The van der Waals surface area contributed by atoms with E-state index in [-0.39, 0.29) is 6.04 Å². The Morgan fingerprint density at radius 3 is 2.73 bits per heavy atom. The minimum absolute atomic E-state index is 0.131. The maximum Gasteiger partial charge on any atom is 0.0542 e. The molecule has 1 nitrogen and oxygen atoms in total. The fourth-order valence-corrected chi connectivity index (χ4v) is 2.05. The molecule has 0 aliphatic rings. The molecule has 0 heterocycles. The Bertz CT molecular complexity index is 314. The quantitative estimate of drug-likeness (QED) is 0.620. The third-order valence-electron chi connectivity index (χ3n) is 2.49. The molecule has 0 aromatic heterocycles. The first-order valence-corrected chi connectivity index (χ1v) is 6.81. The van der Waals surface area contributed by atoms with E-state index in [1.165, 1.54) is 19.3 Å². The Hall–Kier alpha value is 0.200. The summed E-state index contributed by atoms with van der Waals surface area (Å²) >= 11 is 8.28. The summed E-state index contributed by atoms with van der Waals surface area (Å²) in [6.07, 6.45) is 4.73. The summed E-state index contributed by atoms with van der Waals surface area (Å²) in [5.41, 5.74) is 7.24. The smallest absolute Gasteiger partial charge is 0.0542 e. The van der Waals surface area contributed by atoms with Gasteiger partial charge in [-0.1, -0.05) is 43.9 Å². The van der Waals surface area contributed by atoms with Gasteiger partial charge in [-0.25, -0.2) is 0 Å². The summed E-state index contributed by atoms with van der Waals surface area (Å²) < 4.78 is 1.08. The number of rotatable bonds is 5. The van der Waals surface area contributed by atoms with Crippen LogP contribution in [0, 0.1) is 3.57 Å². The molecule has 0 bridgehead atoms. The summed E-state index contributed by atoms with van der Waals surface area (Å²) in [6.45, 7) is 2.20. The molecule has 0 amide bonds. The average Bonchev–Trinajstić information content (AvgIpc) is 2.22. The molecular formula is C12H17ClIN. The van der Waals surface area contributed by atoms with E-state index in [9.17, 15) is 0 Å². The van der Waals surface area contributed by atoms with Gasteiger partial charge in [-0.15, -0.1) is 0 Å². The summed E-state index contributed by atoms with van der Waals surface area (Å²) in [7, 11) is 0. The van der Waals surface area contributed by atoms with Crippen LogP contribution < -0.4 is 5.73 Å². The van der Waals surface area contributed by atoms with Gasteiger partial charge in [0.25, 0.3) is 0 Å². The number of benzene rings is 1. The SMILES string of the molecule is CCCCCC(N)c1ccc(I)c(Cl)c1. The fraction of sp³-hybridized carbons (Fsp3) is 0.500.